The van der Waals surface area contributed by atoms with Gasteiger partial charge in [-0.25, -0.2) is 0 Å². The van der Waals surface area contributed by atoms with Crippen LogP contribution in [0.4, 0.5) is 0 Å². The summed E-state index contributed by atoms with van der Waals surface area (Å²) in [5.74, 6) is 0.942. The van der Waals surface area contributed by atoms with Gasteiger partial charge in [0.2, 0.25) is 5.91 Å². The lowest BCUT2D eigenvalue weighted by Crippen LogP contribution is -2.46. The molecule has 5 nitrogen and oxygen atoms in total. The molecule has 3 aromatic carbocycles. The summed E-state index contributed by atoms with van der Waals surface area (Å²) in [7, 11) is 0. The fraction of sp³-hybridized carbons (Fsp3) is 0.394. The van der Waals surface area contributed by atoms with E-state index in [-0.39, 0.29) is 17.2 Å². The van der Waals surface area contributed by atoms with Crippen molar-refractivity contribution >= 4 is 39.3 Å². The van der Waals surface area contributed by atoms with Gasteiger partial charge < -0.3 is 14.7 Å². The number of carbonyl (C=O) groups excluding carboxylic acids is 2. The van der Waals surface area contributed by atoms with Crippen LogP contribution >= 0.6 is 27.5 Å². The van der Waals surface area contributed by atoms with Crippen molar-refractivity contribution in [3.63, 3.8) is 0 Å². The van der Waals surface area contributed by atoms with Crippen molar-refractivity contribution in [3.8, 4) is 0 Å². The molecule has 3 aliphatic rings. The van der Waals surface area contributed by atoms with Crippen LogP contribution in [-0.4, -0.2) is 65.8 Å². The fourth-order valence-corrected chi connectivity index (χ4v) is 7.40. The average Bonchev–Trinajstić information content (AvgIpc) is 3.53. The van der Waals surface area contributed by atoms with Gasteiger partial charge in [-0.2, -0.15) is 0 Å². The second-order valence-electron chi connectivity index (χ2n) is 11.7. The van der Waals surface area contributed by atoms with Gasteiger partial charge in [0.05, 0.1) is 16.0 Å². The van der Waals surface area contributed by atoms with E-state index in [1.807, 2.05) is 41.3 Å². The summed E-state index contributed by atoms with van der Waals surface area (Å²) in [4.78, 5) is 33.6. The number of likely N-dealkylation sites (tertiary alicyclic amines) is 3. The minimum atomic E-state index is -0.216. The molecule has 0 N–H and O–H groups in total. The Hall–Kier alpha value is -2.67. The van der Waals surface area contributed by atoms with Crippen LogP contribution in [0, 0.1) is 11.3 Å². The van der Waals surface area contributed by atoms with E-state index in [0.717, 1.165) is 49.9 Å². The third-order valence-corrected chi connectivity index (χ3v) is 10.1. The summed E-state index contributed by atoms with van der Waals surface area (Å²) in [6, 6.07) is 26.2. The Balaban J connectivity index is 1.11. The van der Waals surface area contributed by atoms with Crippen LogP contribution in [0.3, 0.4) is 0 Å². The largest absolute Gasteiger partial charge is 0.338 e. The topological polar surface area (TPSA) is 43.9 Å². The molecule has 2 unspecified atom stereocenters. The Morgan fingerprint density at radius 1 is 0.875 bits per heavy atom. The Labute approximate surface area is 250 Å². The van der Waals surface area contributed by atoms with Crippen LogP contribution in [0.15, 0.2) is 83.3 Å². The lowest BCUT2D eigenvalue weighted by atomic mass is 9.76. The molecule has 0 aromatic heterocycles. The highest BCUT2D eigenvalue weighted by atomic mass is 79.9. The number of nitrogens with zero attached hydrogens (tertiary/aromatic N) is 3. The van der Waals surface area contributed by atoms with Crippen molar-refractivity contribution in [2.45, 2.75) is 31.7 Å². The number of hydrogen-bond acceptors (Lipinski definition) is 3. The van der Waals surface area contributed by atoms with Crippen molar-refractivity contribution in [2.24, 2.45) is 11.3 Å². The molecule has 3 saturated heterocycles. The lowest BCUT2D eigenvalue weighted by molar-refractivity contribution is -0.139. The SMILES string of the molecule is O=C(c1ccccc1Cl)N1CC(CN2CCC3(CC2)CCN(Cc2ccc(Br)cc2)C3=O)C(c2ccccc2)C1. The molecule has 1 spiro atoms. The predicted molar refractivity (Wildman–Crippen MR) is 162 cm³/mol. The number of carbonyl (C=O) groups is 2. The Morgan fingerprint density at radius 3 is 2.27 bits per heavy atom. The summed E-state index contributed by atoms with van der Waals surface area (Å²) in [5.41, 5.74) is 2.82. The number of piperidine rings is 1. The Morgan fingerprint density at radius 2 is 1.55 bits per heavy atom. The molecule has 0 bridgehead atoms. The van der Waals surface area contributed by atoms with Crippen LogP contribution in [0.25, 0.3) is 0 Å². The highest BCUT2D eigenvalue weighted by Gasteiger charge is 2.48. The average molecular weight is 621 g/mol. The maximum absolute atomic E-state index is 13.6. The second-order valence-corrected chi connectivity index (χ2v) is 13.0. The van der Waals surface area contributed by atoms with Gasteiger partial charge in [-0.1, -0.05) is 82.1 Å². The van der Waals surface area contributed by atoms with E-state index in [1.54, 1.807) is 6.07 Å². The van der Waals surface area contributed by atoms with Crippen LogP contribution < -0.4 is 0 Å². The van der Waals surface area contributed by atoms with Crippen LogP contribution in [0.2, 0.25) is 5.02 Å². The molecule has 40 heavy (non-hydrogen) atoms. The van der Waals surface area contributed by atoms with Gasteiger partial charge in [-0.3, -0.25) is 9.59 Å². The zero-order valence-corrected chi connectivity index (χ0v) is 25.0. The van der Waals surface area contributed by atoms with Crippen LogP contribution in [0.1, 0.15) is 46.7 Å². The highest BCUT2D eigenvalue weighted by Crippen LogP contribution is 2.43. The molecule has 2 atom stereocenters. The number of halogens is 2. The van der Waals surface area contributed by atoms with E-state index in [2.05, 4.69) is 62.1 Å². The predicted octanol–water partition coefficient (Wildman–Crippen LogP) is 6.47. The summed E-state index contributed by atoms with van der Waals surface area (Å²) in [6.07, 6.45) is 2.77. The minimum Gasteiger partial charge on any atom is -0.338 e. The Bertz CT molecular complexity index is 1360. The van der Waals surface area contributed by atoms with E-state index in [4.69, 9.17) is 11.6 Å². The molecule has 0 aliphatic carbocycles. The van der Waals surface area contributed by atoms with Gasteiger partial charge in [-0.15, -0.1) is 0 Å². The molecule has 3 aromatic rings. The third-order valence-electron chi connectivity index (χ3n) is 9.25. The summed E-state index contributed by atoms with van der Waals surface area (Å²) >= 11 is 9.88. The van der Waals surface area contributed by atoms with Gasteiger partial charge in [0.1, 0.15) is 0 Å². The molecule has 6 rings (SSSR count). The van der Waals surface area contributed by atoms with Gasteiger partial charge >= 0.3 is 0 Å². The highest BCUT2D eigenvalue weighted by molar-refractivity contribution is 9.10. The Kier molecular flexibility index (Phi) is 8.02. The zero-order valence-electron chi connectivity index (χ0n) is 22.6. The van der Waals surface area contributed by atoms with E-state index in [9.17, 15) is 9.59 Å². The molecule has 3 aliphatic heterocycles. The number of amides is 2. The molecule has 7 heteroatoms. The number of benzene rings is 3. The first-order chi connectivity index (χ1) is 19.4. The quantitative estimate of drug-likeness (QED) is 0.317. The van der Waals surface area contributed by atoms with Crippen molar-refractivity contribution in [1.82, 2.24) is 14.7 Å². The van der Waals surface area contributed by atoms with E-state index >= 15 is 0 Å². The lowest BCUT2D eigenvalue weighted by Gasteiger charge is -2.39. The van der Waals surface area contributed by atoms with Gasteiger partial charge in [0.15, 0.2) is 0 Å². The minimum absolute atomic E-state index is 0.00838. The molecule has 3 heterocycles. The maximum Gasteiger partial charge on any atom is 0.255 e. The molecular weight excluding hydrogens is 586 g/mol. The third kappa shape index (κ3) is 5.59. The van der Waals surface area contributed by atoms with Gasteiger partial charge in [0, 0.05) is 43.1 Å². The number of hydrogen-bond donors (Lipinski definition) is 0. The molecule has 208 valence electrons. The van der Waals surface area contributed by atoms with E-state index in [0.29, 0.717) is 42.0 Å². The molecule has 0 saturated carbocycles. The van der Waals surface area contributed by atoms with Crippen LogP contribution in [0.5, 0.6) is 0 Å². The van der Waals surface area contributed by atoms with E-state index < -0.39 is 0 Å². The smallest absolute Gasteiger partial charge is 0.255 e. The zero-order chi connectivity index (χ0) is 27.7. The van der Waals surface area contributed by atoms with Gasteiger partial charge in [-0.05, 0) is 73.7 Å². The maximum atomic E-state index is 13.6. The van der Waals surface area contributed by atoms with Gasteiger partial charge in [0.25, 0.3) is 5.91 Å². The first kappa shape index (κ1) is 27.5. The van der Waals surface area contributed by atoms with Crippen molar-refractivity contribution in [3.05, 3.63) is 105 Å². The first-order valence-electron chi connectivity index (χ1n) is 14.3. The number of rotatable bonds is 6. The first-order valence-corrected chi connectivity index (χ1v) is 15.4. The monoisotopic (exact) mass is 619 g/mol. The summed E-state index contributed by atoms with van der Waals surface area (Å²) in [6.45, 7) is 5.72. The summed E-state index contributed by atoms with van der Waals surface area (Å²) in [5, 5.41) is 0.504. The van der Waals surface area contributed by atoms with Crippen molar-refractivity contribution < 1.29 is 9.59 Å². The van der Waals surface area contributed by atoms with E-state index in [1.165, 1.54) is 11.1 Å². The molecule has 2 amide bonds. The summed E-state index contributed by atoms with van der Waals surface area (Å²) < 4.78 is 1.06. The fourth-order valence-electron chi connectivity index (χ4n) is 6.92. The van der Waals surface area contributed by atoms with Crippen molar-refractivity contribution in [2.75, 3.05) is 39.3 Å². The molecule has 3 fully saturated rings. The standard InChI is InChI=1S/C33H35BrClN3O2/c34-27-12-10-24(11-13-27)20-37-19-16-33(32(37)40)14-17-36(18-15-33)21-26-22-38(23-29(26)25-6-2-1-3-7-25)31(39)28-8-4-5-9-30(28)35/h1-13,26,29H,14-23H2. The second kappa shape index (κ2) is 11.7. The molecular formula is C33H35BrClN3O2. The molecule has 0 radical (unpaired) electrons. The normalized spacial score (nSPS) is 22.8. The van der Waals surface area contributed by atoms with Crippen molar-refractivity contribution in [1.29, 1.82) is 0 Å². The van der Waals surface area contributed by atoms with Crippen LogP contribution in [-0.2, 0) is 11.3 Å².